The molecule has 0 saturated heterocycles. The SMILES string of the molecule is CCCCC/C=C\C/C=C\C/C=C\CCCCC(=O)OC[C@H](COP(=O)(O)OCC[N+](C)(C)C)OC(=O)CCCCCCC/C=C\CCCCCCCC. The van der Waals surface area contributed by atoms with Crippen molar-refractivity contribution in [1.82, 2.24) is 0 Å². The fourth-order valence-electron chi connectivity index (χ4n) is 5.43. The Bertz CT molecular complexity index is 1070. The van der Waals surface area contributed by atoms with Crippen molar-refractivity contribution in [3.63, 3.8) is 0 Å². The van der Waals surface area contributed by atoms with Crippen molar-refractivity contribution in [1.29, 1.82) is 0 Å². The van der Waals surface area contributed by atoms with Gasteiger partial charge in [0.1, 0.15) is 19.8 Å². The van der Waals surface area contributed by atoms with E-state index in [0.717, 1.165) is 64.2 Å². The average molecular weight is 783 g/mol. The summed E-state index contributed by atoms with van der Waals surface area (Å²) < 4.78 is 34.2. The van der Waals surface area contributed by atoms with E-state index in [1.54, 1.807) is 0 Å². The fraction of sp³-hybridized carbons (Fsp3) is 0.773. The Morgan fingerprint density at radius 3 is 1.57 bits per heavy atom. The number of likely N-dealkylation sites (N-methyl/N-ethyl adjacent to an activating group) is 1. The summed E-state index contributed by atoms with van der Waals surface area (Å²) >= 11 is 0. The molecule has 0 fully saturated rings. The first-order valence-corrected chi connectivity index (χ1v) is 22.9. The van der Waals surface area contributed by atoms with Crippen LogP contribution < -0.4 is 0 Å². The number of hydrogen-bond acceptors (Lipinski definition) is 7. The summed E-state index contributed by atoms with van der Waals surface area (Å²) in [6.45, 7) is 4.32. The zero-order valence-corrected chi connectivity index (χ0v) is 36.1. The molecule has 0 aliphatic carbocycles. The second kappa shape index (κ2) is 36.6. The van der Waals surface area contributed by atoms with Gasteiger partial charge in [0.25, 0.3) is 0 Å². The minimum absolute atomic E-state index is 0.0228. The van der Waals surface area contributed by atoms with Crippen LogP contribution in [-0.2, 0) is 32.7 Å². The summed E-state index contributed by atoms with van der Waals surface area (Å²) in [5, 5.41) is 0. The first kappa shape index (κ1) is 52.0. The molecule has 10 heteroatoms. The van der Waals surface area contributed by atoms with E-state index in [9.17, 15) is 19.0 Å². The Kier molecular flexibility index (Phi) is 35.2. The van der Waals surface area contributed by atoms with Gasteiger partial charge >= 0.3 is 19.8 Å². The predicted molar refractivity (Wildman–Crippen MR) is 224 cm³/mol. The van der Waals surface area contributed by atoms with Crippen molar-refractivity contribution in [2.75, 3.05) is 47.5 Å². The van der Waals surface area contributed by atoms with Crippen molar-refractivity contribution in [3.05, 3.63) is 48.6 Å². The van der Waals surface area contributed by atoms with Gasteiger partial charge in [0, 0.05) is 12.8 Å². The number of hydrogen-bond donors (Lipinski definition) is 1. The summed E-state index contributed by atoms with van der Waals surface area (Å²) in [6.07, 6.45) is 41.6. The molecule has 0 spiro atoms. The maximum Gasteiger partial charge on any atom is 0.472 e. The molecule has 0 radical (unpaired) electrons. The fourth-order valence-corrected chi connectivity index (χ4v) is 6.17. The number of phosphoric ester groups is 1. The van der Waals surface area contributed by atoms with Gasteiger partial charge in [0.05, 0.1) is 27.7 Å². The Hall–Kier alpha value is -2.03. The van der Waals surface area contributed by atoms with Crippen LogP contribution >= 0.6 is 7.82 Å². The van der Waals surface area contributed by atoms with Crippen LogP contribution in [0.1, 0.15) is 168 Å². The summed E-state index contributed by atoms with van der Waals surface area (Å²) in [7, 11) is 1.44. The number of carbonyl (C=O) groups is 2. The van der Waals surface area contributed by atoms with Gasteiger partial charge < -0.3 is 18.9 Å². The molecule has 0 aliphatic rings. The van der Waals surface area contributed by atoms with Gasteiger partial charge in [0.2, 0.25) is 0 Å². The lowest BCUT2D eigenvalue weighted by molar-refractivity contribution is -0.870. The van der Waals surface area contributed by atoms with E-state index in [1.165, 1.54) is 64.2 Å². The van der Waals surface area contributed by atoms with E-state index in [1.807, 2.05) is 21.1 Å². The number of unbranched alkanes of at least 4 members (excludes halogenated alkanes) is 16. The molecule has 0 aromatic rings. The Balaban J connectivity index is 4.47. The lowest BCUT2D eigenvalue weighted by Crippen LogP contribution is -2.37. The van der Waals surface area contributed by atoms with Gasteiger partial charge in [-0.2, -0.15) is 0 Å². The van der Waals surface area contributed by atoms with Crippen LogP contribution in [-0.4, -0.2) is 74.9 Å². The molecular formula is C44H81NO8P+. The van der Waals surface area contributed by atoms with E-state index in [-0.39, 0.29) is 26.1 Å². The van der Waals surface area contributed by atoms with E-state index in [0.29, 0.717) is 23.9 Å². The predicted octanol–water partition coefficient (Wildman–Crippen LogP) is 11.9. The summed E-state index contributed by atoms with van der Waals surface area (Å²) in [4.78, 5) is 35.3. The standard InChI is InChI=1S/C44H80NO8P/c1-6-8-10-12-14-16-18-20-22-24-26-28-30-32-34-36-43(46)50-40-42(41-52-54(48,49)51-39-38-45(3,4)5)53-44(47)37-35-33-31-29-27-25-23-21-19-17-15-13-11-9-7-2/h14,16,20-23,26,28,42H,6-13,15,17-19,24-25,27,29-41H2,1-5H3/p+1/b16-14-,22-20-,23-21-,28-26-/t42-/m1/s1. The zero-order valence-electron chi connectivity index (χ0n) is 35.2. The van der Waals surface area contributed by atoms with Gasteiger partial charge in [-0.3, -0.25) is 18.6 Å². The highest BCUT2D eigenvalue weighted by Crippen LogP contribution is 2.43. The maximum absolute atomic E-state index is 12.7. The van der Waals surface area contributed by atoms with Crippen molar-refractivity contribution in [2.24, 2.45) is 0 Å². The molecule has 9 nitrogen and oxygen atoms in total. The summed E-state index contributed by atoms with van der Waals surface area (Å²) in [5.74, 6) is -0.856. The highest BCUT2D eigenvalue weighted by molar-refractivity contribution is 7.47. The second-order valence-electron chi connectivity index (χ2n) is 15.4. The van der Waals surface area contributed by atoms with E-state index in [2.05, 4.69) is 62.5 Å². The molecule has 0 aromatic carbocycles. The number of quaternary nitrogens is 1. The van der Waals surface area contributed by atoms with Crippen molar-refractivity contribution >= 4 is 19.8 Å². The van der Waals surface area contributed by atoms with Crippen LogP contribution in [0.3, 0.4) is 0 Å². The molecule has 0 rings (SSSR count). The average Bonchev–Trinajstić information content (AvgIpc) is 3.12. The maximum atomic E-state index is 12.7. The molecule has 0 heterocycles. The molecule has 1 N–H and O–H groups in total. The number of allylic oxidation sites excluding steroid dienone is 8. The number of esters is 2. The van der Waals surface area contributed by atoms with E-state index >= 15 is 0 Å². The van der Waals surface area contributed by atoms with Crippen molar-refractivity contribution in [2.45, 2.75) is 174 Å². The largest absolute Gasteiger partial charge is 0.472 e. The molecular weight excluding hydrogens is 701 g/mol. The summed E-state index contributed by atoms with van der Waals surface area (Å²) in [6, 6.07) is 0. The second-order valence-corrected chi connectivity index (χ2v) is 16.8. The van der Waals surface area contributed by atoms with Crippen LogP contribution in [0.25, 0.3) is 0 Å². The molecule has 2 atom stereocenters. The molecule has 0 saturated carbocycles. The van der Waals surface area contributed by atoms with E-state index in [4.69, 9.17) is 18.5 Å². The summed E-state index contributed by atoms with van der Waals surface area (Å²) in [5.41, 5.74) is 0. The van der Waals surface area contributed by atoms with Gasteiger partial charge in [-0.05, 0) is 77.0 Å². The van der Waals surface area contributed by atoms with Crippen LogP contribution in [0.15, 0.2) is 48.6 Å². The first-order valence-electron chi connectivity index (χ1n) is 21.4. The smallest absolute Gasteiger partial charge is 0.462 e. The number of ether oxygens (including phenoxy) is 2. The molecule has 0 aromatic heterocycles. The number of phosphoric acid groups is 1. The van der Waals surface area contributed by atoms with Gasteiger partial charge in [0.15, 0.2) is 6.10 Å². The van der Waals surface area contributed by atoms with Crippen LogP contribution in [0.2, 0.25) is 0 Å². The van der Waals surface area contributed by atoms with Gasteiger partial charge in [-0.1, -0.05) is 127 Å². The number of nitrogens with zero attached hydrogens (tertiary/aromatic N) is 1. The molecule has 314 valence electrons. The quantitative estimate of drug-likeness (QED) is 0.0217. The molecule has 0 aliphatic heterocycles. The first-order chi connectivity index (χ1) is 26.0. The minimum atomic E-state index is -4.38. The van der Waals surface area contributed by atoms with Gasteiger partial charge in [-0.25, -0.2) is 4.57 Å². The molecule has 54 heavy (non-hydrogen) atoms. The Morgan fingerprint density at radius 2 is 1.00 bits per heavy atom. The topological polar surface area (TPSA) is 108 Å². The highest BCUT2D eigenvalue weighted by atomic mass is 31.2. The monoisotopic (exact) mass is 783 g/mol. The number of rotatable bonds is 38. The number of carbonyl (C=O) groups excluding carboxylic acids is 2. The van der Waals surface area contributed by atoms with Crippen molar-refractivity contribution in [3.8, 4) is 0 Å². The molecule has 0 amide bonds. The molecule has 1 unspecified atom stereocenters. The van der Waals surface area contributed by atoms with Crippen LogP contribution in [0, 0.1) is 0 Å². The Morgan fingerprint density at radius 1 is 0.574 bits per heavy atom. The third-order valence-electron chi connectivity index (χ3n) is 8.83. The highest BCUT2D eigenvalue weighted by Gasteiger charge is 2.27. The normalized spacial score (nSPS) is 14.1. The third kappa shape index (κ3) is 39.7. The van der Waals surface area contributed by atoms with Gasteiger partial charge in [-0.15, -0.1) is 0 Å². The third-order valence-corrected chi connectivity index (χ3v) is 9.82. The van der Waals surface area contributed by atoms with Crippen LogP contribution in [0.5, 0.6) is 0 Å². The lowest BCUT2D eigenvalue weighted by atomic mass is 10.1. The molecule has 0 bridgehead atoms. The lowest BCUT2D eigenvalue weighted by Gasteiger charge is -2.24. The van der Waals surface area contributed by atoms with Crippen molar-refractivity contribution < 1.29 is 42.1 Å². The Labute approximate surface area is 331 Å². The van der Waals surface area contributed by atoms with E-state index < -0.39 is 32.5 Å². The van der Waals surface area contributed by atoms with Crippen LogP contribution in [0.4, 0.5) is 0 Å². The minimum Gasteiger partial charge on any atom is -0.462 e. The zero-order chi connectivity index (χ0) is 40.0.